The van der Waals surface area contributed by atoms with Crippen molar-refractivity contribution in [3.63, 3.8) is 0 Å². The Hall–Kier alpha value is -2.61. The highest BCUT2D eigenvalue weighted by atomic mass is 32.2. The normalized spacial score (nSPS) is 12.2. The van der Waals surface area contributed by atoms with Gasteiger partial charge in [-0.15, -0.1) is 11.3 Å². The summed E-state index contributed by atoms with van der Waals surface area (Å²) < 4.78 is 37.9. The van der Waals surface area contributed by atoms with Crippen molar-refractivity contribution in [3.8, 4) is 5.75 Å². The Balaban J connectivity index is 1.80. The molecule has 3 aromatic rings. The molecule has 0 atom stereocenters. The van der Waals surface area contributed by atoms with Gasteiger partial charge in [-0.05, 0) is 25.1 Å². The largest absolute Gasteiger partial charge is 0.497 e. The molecule has 32 heavy (non-hydrogen) atoms. The molecule has 10 nitrogen and oxygen atoms in total. The molecule has 2 heterocycles. The van der Waals surface area contributed by atoms with Crippen LogP contribution in [0.2, 0.25) is 0 Å². The average Bonchev–Trinajstić information content (AvgIpc) is 3.34. The first kappa shape index (κ1) is 24.0. The van der Waals surface area contributed by atoms with Crippen molar-refractivity contribution in [2.24, 2.45) is 4.99 Å². The fraction of sp³-hybridized carbons (Fsp3) is 0.368. The van der Waals surface area contributed by atoms with Crippen molar-refractivity contribution >= 4 is 59.7 Å². The minimum atomic E-state index is -4.01. The topological polar surface area (TPSA) is 129 Å². The maximum atomic E-state index is 12.5. The highest BCUT2D eigenvalue weighted by Gasteiger charge is 2.21. The Kier molecular flexibility index (Phi) is 8.12. The Morgan fingerprint density at radius 1 is 1.28 bits per heavy atom. The van der Waals surface area contributed by atoms with Gasteiger partial charge in [0.1, 0.15) is 17.3 Å². The Bertz CT molecular complexity index is 1260. The predicted molar refractivity (Wildman–Crippen MR) is 123 cm³/mol. The van der Waals surface area contributed by atoms with Gasteiger partial charge >= 0.3 is 0 Å². The predicted octanol–water partition coefficient (Wildman–Crippen LogP) is 1.69. The quantitative estimate of drug-likeness (QED) is 0.421. The lowest BCUT2D eigenvalue weighted by Crippen LogP contribution is -2.28. The molecule has 0 radical (unpaired) electrons. The number of sulfone groups is 1. The lowest BCUT2D eigenvalue weighted by atomic mass is 10.3. The van der Waals surface area contributed by atoms with Gasteiger partial charge in [-0.3, -0.25) is 9.59 Å². The van der Waals surface area contributed by atoms with Crippen molar-refractivity contribution in [3.05, 3.63) is 34.6 Å². The average molecular weight is 499 g/mol. The summed E-state index contributed by atoms with van der Waals surface area (Å²) in [6.45, 7) is 3.27. The van der Waals surface area contributed by atoms with Crippen molar-refractivity contribution < 1.29 is 27.5 Å². The number of hydrogen-bond acceptors (Lipinski definition) is 9. The molecule has 0 bridgehead atoms. The van der Waals surface area contributed by atoms with Crippen molar-refractivity contribution in [2.75, 3.05) is 37.1 Å². The van der Waals surface area contributed by atoms with Crippen molar-refractivity contribution in [1.29, 1.82) is 0 Å². The summed E-state index contributed by atoms with van der Waals surface area (Å²) in [5, 5.41) is 4.32. The molecule has 0 saturated heterocycles. The van der Waals surface area contributed by atoms with E-state index in [1.807, 2.05) is 19.1 Å². The first-order chi connectivity index (χ1) is 15.3. The number of thiazole rings is 2. The number of amides is 2. The molecule has 0 aliphatic rings. The third-order valence-corrected chi connectivity index (χ3v) is 7.27. The number of anilines is 1. The number of ether oxygens (including phenoxy) is 2. The molecule has 0 unspecified atom stereocenters. The van der Waals surface area contributed by atoms with E-state index in [4.69, 9.17) is 9.47 Å². The molecule has 3 rings (SSSR count). The van der Waals surface area contributed by atoms with E-state index >= 15 is 0 Å². The van der Waals surface area contributed by atoms with Gasteiger partial charge in [0.25, 0.3) is 5.91 Å². The van der Waals surface area contributed by atoms with Gasteiger partial charge in [-0.25, -0.2) is 13.4 Å². The SMILES string of the molecule is CCOCCn1c(=NC(=O)CS(=O)(=O)CC(=O)Nc2nccs2)sc2cc(OC)ccc21. The number of carbonyl (C=O) groups is 2. The van der Waals surface area contributed by atoms with Crippen LogP contribution < -0.4 is 14.9 Å². The third kappa shape index (κ3) is 6.45. The van der Waals surface area contributed by atoms with Crippen LogP contribution in [0.25, 0.3) is 10.2 Å². The number of carbonyl (C=O) groups excluding carboxylic acids is 2. The molecule has 0 saturated carbocycles. The van der Waals surface area contributed by atoms with Crippen molar-refractivity contribution in [2.45, 2.75) is 13.5 Å². The van der Waals surface area contributed by atoms with E-state index in [1.165, 1.54) is 17.5 Å². The van der Waals surface area contributed by atoms with Crippen molar-refractivity contribution in [1.82, 2.24) is 9.55 Å². The Morgan fingerprint density at radius 3 is 2.78 bits per heavy atom. The number of rotatable bonds is 10. The van der Waals surface area contributed by atoms with Crippen LogP contribution in [0.15, 0.2) is 34.8 Å². The second kappa shape index (κ2) is 10.8. The number of fused-ring (bicyclic) bond motifs is 1. The lowest BCUT2D eigenvalue weighted by molar-refractivity contribution is -0.115. The first-order valence-electron chi connectivity index (χ1n) is 9.53. The van der Waals surface area contributed by atoms with E-state index in [2.05, 4.69) is 15.3 Å². The Morgan fingerprint density at radius 2 is 2.09 bits per heavy atom. The number of benzene rings is 1. The highest BCUT2D eigenvalue weighted by Crippen LogP contribution is 2.23. The van der Waals surface area contributed by atoms with Gasteiger partial charge in [0.05, 0.1) is 23.9 Å². The Labute approximate surface area is 192 Å². The zero-order valence-electron chi connectivity index (χ0n) is 17.4. The number of hydrogen-bond donors (Lipinski definition) is 1. The molecule has 13 heteroatoms. The molecule has 172 valence electrons. The number of methoxy groups -OCH3 is 1. The zero-order chi connectivity index (χ0) is 23.1. The second-order valence-electron chi connectivity index (χ2n) is 6.49. The molecule has 2 aromatic heterocycles. The molecule has 0 aliphatic carbocycles. The minimum Gasteiger partial charge on any atom is -0.497 e. The summed E-state index contributed by atoms with van der Waals surface area (Å²) in [6.07, 6.45) is 1.48. The fourth-order valence-electron chi connectivity index (χ4n) is 2.80. The van der Waals surface area contributed by atoms with E-state index < -0.39 is 33.2 Å². The molecule has 0 aliphatic heterocycles. The van der Waals surface area contributed by atoms with Crippen LogP contribution >= 0.6 is 22.7 Å². The van der Waals surface area contributed by atoms with Crippen LogP contribution in [-0.4, -0.2) is 61.6 Å². The van der Waals surface area contributed by atoms with Crippen LogP contribution in [0.1, 0.15) is 6.92 Å². The van der Waals surface area contributed by atoms with Gasteiger partial charge in [-0.2, -0.15) is 4.99 Å². The summed E-state index contributed by atoms with van der Waals surface area (Å²) >= 11 is 2.40. The lowest BCUT2D eigenvalue weighted by Gasteiger charge is -2.06. The van der Waals surface area contributed by atoms with E-state index in [0.29, 0.717) is 30.3 Å². The molecule has 2 amide bonds. The molecule has 1 aromatic carbocycles. The van der Waals surface area contributed by atoms with Crippen LogP contribution in [0, 0.1) is 0 Å². The summed E-state index contributed by atoms with van der Waals surface area (Å²) in [5.74, 6) is -2.66. The third-order valence-electron chi connectivity index (χ3n) is 4.15. The summed E-state index contributed by atoms with van der Waals surface area (Å²) in [6, 6.07) is 5.46. The summed E-state index contributed by atoms with van der Waals surface area (Å²) in [5.41, 5.74) is 0.827. The van der Waals surface area contributed by atoms with Crippen LogP contribution in [0.4, 0.5) is 5.13 Å². The van der Waals surface area contributed by atoms with Crippen LogP contribution in [0.3, 0.4) is 0 Å². The summed E-state index contributed by atoms with van der Waals surface area (Å²) in [4.78, 5) is 32.6. The van der Waals surface area contributed by atoms with Gasteiger partial charge in [0, 0.05) is 24.7 Å². The summed E-state index contributed by atoms with van der Waals surface area (Å²) in [7, 11) is -2.45. The van der Waals surface area contributed by atoms with Crippen LogP contribution in [0.5, 0.6) is 5.75 Å². The van der Waals surface area contributed by atoms with Gasteiger partial charge in [0.15, 0.2) is 19.8 Å². The highest BCUT2D eigenvalue weighted by molar-refractivity contribution is 7.92. The van der Waals surface area contributed by atoms with Gasteiger partial charge < -0.3 is 19.4 Å². The smallest absolute Gasteiger partial charge is 0.263 e. The molecule has 0 spiro atoms. The van der Waals surface area contributed by atoms with Crippen LogP contribution in [-0.2, 0) is 30.7 Å². The monoisotopic (exact) mass is 498 g/mol. The zero-order valence-corrected chi connectivity index (χ0v) is 19.9. The maximum Gasteiger partial charge on any atom is 0.263 e. The fourth-order valence-corrected chi connectivity index (χ4v) is 5.46. The molecular weight excluding hydrogens is 476 g/mol. The van der Waals surface area contributed by atoms with E-state index in [1.54, 1.807) is 23.1 Å². The minimum absolute atomic E-state index is 0.289. The number of nitrogens with zero attached hydrogens (tertiary/aromatic N) is 3. The van der Waals surface area contributed by atoms with Gasteiger partial charge in [0.2, 0.25) is 5.91 Å². The maximum absolute atomic E-state index is 12.5. The van der Waals surface area contributed by atoms with E-state index in [-0.39, 0.29) is 5.13 Å². The van der Waals surface area contributed by atoms with E-state index in [9.17, 15) is 18.0 Å². The first-order valence-corrected chi connectivity index (χ1v) is 13.1. The second-order valence-corrected chi connectivity index (χ2v) is 10.5. The number of aromatic nitrogens is 2. The standard InChI is InChI=1S/C19H22N4O6S3/c1-3-29-8-7-23-14-5-4-13(28-2)10-15(14)31-19(23)22-17(25)12-32(26,27)11-16(24)21-18-20-6-9-30-18/h4-6,9-10H,3,7-8,11-12H2,1-2H3,(H,20,21,24). The molecule has 1 N–H and O–H groups in total. The van der Waals surface area contributed by atoms with Gasteiger partial charge in [-0.1, -0.05) is 11.3 Å². The molecule has 0 fully saturated rings. The molecular formula is C19H22N4O6S3. The van der Waals surface area contributed by atoms with E-state index in [0.717, 1.165) is 21.6 Å². The number of nitrogens with one attached hydrogen (secondary N) is 1.